The molecule has 1 heterocycles. The third-order valence-corrected chi connectivity index (χ3v) is 6.62. The lowest BCUT2D eigenvalue weighted by Crippen LogP contribution is -2.48. The Morgan fingerprint density at radius 3 is 2.06 bits per heavy atom. The first kappa shape index (κ1) is 25.3. The van der Waals surface area contributed by atoms with Crippen molar-refractivity contribution in [2.24, 2.45) is 0 Å². The van der Waals surface area contributed by atoms with E-state index in [1.54, 1.807) is 17.0 Å². The first-order valence-electron chi connectivity index (χ1n) is 11.8. The van der Waals surface area contributed by atoms with Gasteiger partial charge in [0, 0.05) is 37.4 Å². The molecule has 1 aliphatic heterocycles. The zero-order valence-electron chi connectivity index (χ0n) is 20.0. The summed E-state index contributed by atoms with van der Waals surface area (Å²) in [7, 11) is 1.86. The Labute approximate surface area is 208 Å². The molecule has 3 aromatic carbocycles. The van der Waals surface area contributed by atoms with Gasteiger partial charge in [-0.15, -0.1) is 0 Å². The number of anilines is 1. The number of benzene rings is 3. The van der Waals surface area contributed by atoms with Gasteiger partial charge in [-0.3, -0.25) is 9.59 Å². The molecule has 8 heteroatoms. The van der Waals surface area contributed by atoms with Crippen LogP contribution in [-0.2, 0) is 11.0 Å². The topological polar surface area (TPSA) is 52.6 Å². The van der Waals surface area contributed by atoms with Crippen molar-refractivity contribution in [1.29, 1.82) is 0 Å². The SMILES string of the molecule is CN(c1ccc(C(F)(F)F)cc1)C1CCN(C(=O)CNC(=O)c2ccc(-c3ccccc3)cc2)CC1. The Morgan fingerprint density at radius 1 is 0.889 bits per heavy atom. The van der Waals surface area contributed by atoms with E-state index in [4.69, 9.17) is 0 Å². The molecule has 0 bridgehead atoms. The average molecular weight is 496 g/mol. The summed E-state index contributed by atoms with van der Waals surface area (Å²) in [5, 5.41) is 2.70. The van der Waals surface area contributed by atoms with Gasteiger partial charge in [-0.2, -0.15) is 13.2 Å². The quantitative estimate of drug-likeness (QED) is 0.510. The second-order valence-electron chi connectivity index (χ2n) is 8.89. The smallest absolute Gasteiger partial charge is 0.371 e. The summed E-state index contributed by atoms with van der Waals surface area (Å²) in [5.74, 6) is -0.459. The first-order valence-corrected chi connectivity index (χ1v) is 11.8. The van der Waals surface area contributed by atoms with Gasteiger partial charge in [0.25, 0.3) is 5.91 Å². The van der Waals surface area contributed by atoms with E-state index in [0.717, 1.165) is 23.3 Å². The normalized spacial score (nSPS) is 14.4. The van der Waals surface area contributed by atoms with Crippen LogP contribution < -0.4 is 10.2 Å². The number of nitrogens with zero attached hydrogens (tertiary/aromatic N) is 2. The number of carbonyl (C=O) groups excluding carboxylic acids is 2. The van der Waals surface area contributed by atoms with Gasteiger partial charge in [0.2, 0.25) is 5.91 Å². The van der Waals surface area contributed by atoms with Crippen molar-refractivity contribution in [2.45, 2.75) is 25.1 Å². The maximum absolute atomic E-state index is 12.8. The predicted molar refractivity (Wildman–Crippen MR) is 134 cm³/mol. The molecule has 1 N–H and O–H groups in total. The molecular weight excluding hydrogens is 467 g/mol. The van der Waals surface area contributed by atoms with Crippen molar-refractivity contribution in [3.8, 4) is 11.1 Å². The van der Waals surface area contributed by atoms with E-state index in [0.29, 0.717) is 37.2 Å². The van der Waals surface area contributed by atoms with Crippen LogP contribution >= 0.6 is 0 Å². The maximum Gasteiger partial charge on any atom is 0.416 e. The van der Waals surface area contributed by atoms with Gasteiger partial charge in [0.15, 0.2) is 0 Å². The van der Waals surface area contributed by atoms with Crippen molar-refractivity contribution >= 4 is 17.5 Å². The number of rotatable bonds is 6. The van der Waals surface area contributed by atoms with Crippen LogP contribution in [-0.4, -0.2) is 49.4 Å². The number of amides is 2. The molecule has 1 fully saturated rings. The van der Waals surface area contributed by atoms with Gasteiger partial charge in [-0.05, 0) is 60.4 Å². The summed E-state index contributed by atoms with van der Waals surface area (Å²) >= 11 is 0. The Morgan fingerprint density at radius 2 is 1.47 bits per heavy atom. The third-order valence-electron chi connectivity index (χ3n) is 6.62. The van der Waals surface area contributed by atoms with Crippen LogP contribution in [0.1, 0.15) is 28.8 Å². The minimum absolute atomic E-state index is 0.0846. The fourth-order valence-electron chi connectivity index (χ4n) is 4.41. The fraction of sp³-hybridized carbons (Fsp3) is 0.286. The predicted octanol–water partition coefficient (Wildman–Crippen LogP) is 5.23. The number of alkyl halides is 3. The fourth-order valence-corrected chi connectivity index (χ4v) is 4.41. The molecule has 0 radical (unpaired) electrons. The molecule has 5 nitrogen and oxygen atoms in total. The van der Waals surface area contributed by atoms with E-state index < -0.39 is 11.7 Å². The Hall–Kier alpha value is -3.81. The second kappa shape index (κ2) is 10.8. The summed E-state index contributed by atoms with van der Waals surface area (Å²) < 4.78 is 38.4. The number of hydrogen-bond acceptors (Lipinski definition) is 3. The van der Waals surface area contributed by atoms with Gasteiger partial charge in [-0.1, -0.05) is 42.5 Å². The zero-order chi connectivity index (χ0) is 25.7. The molecular formula is C28H28F3N3O2. The van der Waals surface area contributed by atoms with Gasteiger partial charge >= 0.3 is 6.18 Å². The molecule has 4 rings (SSSR count). The van der Waals surface area contributed by atoms with Crippen molar-refractivity contribution in [3.05, 3.63) is 90.0 Å². The van der Waals surface area contributed by atoms with E-state index in [1.165, 1.54) is 12.1 Å². The van der Waals surface area contributed by atoms with Gasteiger partial charge in [0.05, 0.1) is 12.1 Å². The van der Waals surface area contributed by atoms with Crippen LogP contribution in [0.5, 0.6) is 0 Å². The van der Waals surface area contributed by atoms with E-state index in [1.807, 2.05) is 54.4 Å². The largest absolute Gasteiger partial charge is 0.416 e. The molecule has 0 atom stereocenters. The van der Waals surface area contributed by atoms with E-state index in [2.05, 4.69) is 5.32 Å². The number of piperidine rings is 1. The van der Waals surface area contributed by atoms with Crippen LogP contribution in [0.4, 0.5) is 18.9 Å². The number of nitrogens with one attached hydrogen (secondary N) is 1. The summed E-state index contributed by atoms with van der Waals surface area (Å²) in [6, 6.07) is 22.3. The lowest BCUT2D eigenvalue weighted by atomic mass is 10.0. The molecule has 36 heavy (non-hydrogen) atoms. The van der Waals surface area contributed by atoms with Gasteiger partial charge < -0.3 is 15.1 Å². The molecule has 0 aliphatic carbocycles. The van der Waals surface area contributed by atoms with E-state index >= 15 is 0 Å². The van der Waals surface area contributed by atoms with Crippen molar-refractivity contribution in [2.75, 3.05) is 31.6 Å². The zero-order valence-corrected chi connectivity index (χ0v) is 20.0. The van der Waals surface area contributed by atoms with Crippen molar-refractivity contribution < 1.29 is 22.8 Å². The molecule has 0 saturated carbocycles. The van der Waals surface area contributed by atoms with Crippen molar-refractivity contribution in [1.82, 2.24) is 10.2 Å². The molecule has 0 spiro atoms. The number of halogens is 3. The highest BCUT2D eigenvalue weighted by atomic mass is 19.4. The van der Waals surface area contributed by atoms with Crippen LogP contribution in [0.15, 0.2) is 78.9 Å². The van der Waals surface area contributed by atoms with E-state index in [9.17, 15) is 22.8 Å². The Kier molecular flexibility index (Phi) is 7.62. The van der Waals surface area contributed by atoms with Gasteiger partial charge in [-0.25, -0.2) is 0 Å². The highest BCUT2D eigenvalue weighted by Gasteiger charge is 2.31. The lowest BCUT2D eigenvalue weighted by molar-refractivity contribution is -0.137. The molecule has 1 aliphatic rings. The molecule has 3 aromatic rings. The minimum atomic E-state index is -4.36. The third kappa shape index (κ3) is 6.05. The number of hydrogen-bond donors (Lipinski definition) is 1. The summed E-state index contributed by atoms with van der Waals surface area (Å²) in [4.78, 5) is 28.8. The Bertz CT molecular complexity index is 1170. The summed E-state index contributed by atoms with van der Waals surface area (Å²) in [6.07, 6.45) is -2.97. The Balaban J connectivity index is 1.24. The molecule has 0 aromatic heterocycles. The molecule has 0 unspecified atom stereocenters. The van der Waals surface area contributed by atoms with Crippen LogP contribution in [0, 0.1) is 0 Å². The molecule has 2 amide bonds. The van der Waals surface area contributed by atoms with Crippen LogP contribution in [0.3, 0.4) is 0 Å². The summed E-state index contributed by atoms with van der Waals surface area (Å²) in [5.41, 5.74) is 2.59. The first-order chi connectivity index (χ1) is 17.2. The van der Waals surface area contributed by atoms with Crippen molar-refractivity contribution in [3.63, 3.8) is 0 Å². The molecule has 188 valence electrons. The lowest BCUT2D eigenvalue weighted by Gasteiger charge is -2.38. The standard InChI is InChI=1S/C28H28F3N3O2/c1-33(24-13-11-23(12-14-24)28(29,30)31)25-15-17-34(18-16-25)26(35)19-32-27(36)22-9-7-21(8-10-22)20-5-3-2-4-6-20/h2-14,25H,15-19H2,1H3,(H,32,36). The highest BCUT2D eigenvalue weighted by Crippen LogP contribution is 2.31. The summed E-state index contributed by atoms with van der Waals surface area (Å²) in [6.45, 7) is 0.963. The van der Waals surface area contributed by atoms with E-state index in [-0.39, 0.29) is 24.4 Å². The second-order valence-corrected chi connectivity index (χ2v) is 8.89. The minimum Gasteiger partial charge on any atom is -0.371 e. The average Bonchev–Trinajstić information content (AvgIpc) is 2.91. The van der Waals surface area contributed by atoms with Crippen LogP contribution in [0.2, 0.25) is 0 Å². The maximum atomic E-state index is 12.8. The molecule has 1 saturated heterocycles. The van der Waals surface area contributed by atoms with Gasteiger partial charge in [0.1, 0.15) is 0 Å². The monoisotopic (exact) mass is 495 g/mol. The van der Waals surface area contributed by atoms with Crippen LogP contribution in [0.25, 0.3) is 11.1 Å². The highest BCUT2D eigenvalue weighted by molar-refractivity contribution is 5.96. The number of carbonyl (C=O) groups is 2. The number of likely N-dealkylation sites (tertiary alicyclic amines) is 1.